The van der Waals surface area contributed by atoms with Gasteiger partial charge in [0.15, 0.2) is 0 Å². The highest BCUT2D eigenvalue weighted by Crippen LogP contribution is 2.07. The van der Waals surface area contributed by atoms with Crippen LogP contribution >= 0.6 is 0 Å². The molecule has 0 bridgehead atoms. The van der Waals surface area contributed by atoms with Crippen LogP contribution in [0.5, 0.6) is 0 Å². The van der Waals surface area contributed by atoms with Gasteiger partial charge in [-0.2, -0.15) is 10.2 Å². The first-order valence-electron chi connectivity index (χ1n) is 7.20. The summed E-state index contributed by atoms with van der Waals surface area (Å²) in [6.45, 7) is 11.9. The zero-order chi connectivity index (χ0) is 14.5. The van der Waals surface area contributed by atoms with Gasteiger partial charge in [-0.25, -0.2) is 9.67 Å². The molecule has 0 saturated carbocycles. The zero-order valence-corrected chi connectivity index (χ0v) is 12.8. The molecule has 0 unspecified atom stereocenters. The Kier molecular flexibility index (Phi) is 4.89. The number of hydrogen-bond acceptors (Lipinski definition) is 4. The molecular weight excluding hydrogens is 252 g/mol. The van der Waals surface area contributed by atoms with E-state index in [0.29, 0.717) is 12.5 Å². The highest BCUT2D eigenvalue weighted by Gasteiger charge is 2.08. The standard InChI is InChI=1S/C14H24N6/c1-5-20-14(16-10-17-20)9-19-8-13(12(4)18-19)7-15-6-11(2)3/h8,10-11,15H,5-7,9H2,1-4H3. The van der Waals surface area contributed by atoms with E-state index in [4.69, 9.17) is 0 Å². The number of aromatic nitrogens is 5. The lowest BCUT2D eigenvalue weighted by atomic mass is 10.2. The van der Waals surface area contributed by atoms with Crippen molar-refractivity contribution in [1.29, 1.82) is 0 Å². The number of nitrogens with one attached hydrogen (secondary N) is 1. The first-order valence-corrected chi connectivity index (χ1v) is 7.20. The van der Waals surface area contributed by atoms with Crippen LogP contribution in [0.15, 0.2) is 12.5 Å². The van der Waals surface area contributed by atoms with Crippen molar-refractivity contribution in [3.63, 3.8) is 0 Å². The van der Waals surface area contributed by atoms with Crippen LogP contribution in [0, 0.1) is 12.8 Å². The van der Waals surface area contributed by atoms with Crippen LogP contribution in [-0.4, -0.2) is 31.1 Å². The van der Waals surface area contributed by atoms with Gasteiger partial charge >= 0.3 is 0 Å². The molecule has 0 spiro atoms. The first kappa shape index (κ1) is 14.7. The van der Waals surface area contributed by atoms with Crippen LogP contribution < -0.4 is 5.32 Å². The van der Waals surface area contributed by atoms with Crippen LogP contribution in [0.2, 0.25) is 0 Å². The van der Waals surface area contributed by atoms with Gasteiger partial charge in [0.25, 0.3) is 0 Å². The zero-order valence-electron chi connectivity index (χ0n) is 12.8. The van der Waals surface area contributed by atoms with Crippen molar-refractivity contribution in [2.24, 2.45) is 5.92 Å². The molecule has 0 aliphatic rings. The second-order valence-electron chi connectivity index (χ2n) is 5.45. The van der Waals surface area contributed by atoms with Gasteiger partial charge in [-0.15, -0.1) is 0 Å². The Morgan fingerprint density at radius 1 is 1.35 bits per heavy atom. The average molecular weight is 276 g/mol. The third-order valence-electron chi connectivity index (χ3n) is 3.21. The van der Waals surface area contributed by atoms with Gasteiger partial charge in [-0.05, 0) is 26.3 Å². The summed E-state index contributed by atoms with van der Waals surface area (Å²) in [6, 6.07) is 0. The first-order chi connectivity index (χ1) is 9.60. The van der Waals surface area contributed by atoms with Crippen molar-refractivity contribution in [3.8, 4) is 0 Å². The smallest absolute Gasteiger partial charge is 0.148 e. The van der Waals surface area contributed by atoms with Crippen molar-refractivity contribution in [2.45, 2.75) is 47.3 Å². The predicted molar refractivity (Wildman–Crippen MR) is 78.3 cm³/mol. The topological polar surface area (TPSA) is 60.6 Å². The summed E-state index contributed by atoms with van der Waals surface area (Å²) in [5.74, 6) is 1.60. The minimum atomic E-state index is 0.661. The van der Waals surface area contributed by atoms with Gasteiger partial charge in [0, 0.05) is 24.8 Å². The maximum atomic E-state index is 4.55. The van der Waals surface area contributed by atoms with Crippen molar-refractivity contribution >= 4 is 0 Å². The van der Waals surface area contributed by atoms with Crippen LogP contribution in [0.1, 0.15) is 37.9 Å². The highest BCUT2D eigenvalue weighted by molar-refractivity contribution is 5.15. The van der Waals surface area contributed by atoms with Gasteiger partial charge < -0.3 is 5.32 Å². The van der Waals surface area contributed by atoms with Gasteiger partial charge in [0.1, 0.15) is 18.7 Å². The fourth-order valence-corrected chi connectivity index (χ4v) is 2.13. The normalized spacial score (nSPS) is 11.4. The molecule has 2 rings (SSSR count). The minimum absolute atomic E-state index is 0.661. The number of hydrogen-bond donors (Lipinski definition) is 1. The average Bonchev–Trinajstić information content (AvgIpc) is 2.97. The van der Waals surface area contributed by atoms with Gasteiger partial charge in [0.2, 0.25) is 0 Å². The molecule has 0 aromatic carbocycles. The number of nitrogens with zero attached hydrogens (tertiary/aromatic N) is 5. The molecule has 0 aliphatic heterocycles. The summed E-state index contributed by atoms with van der Waals surface area (Å²) < 4.78 is 3.84. The van der Waals surface area contributed by atoms with Crippen molar-refractivity contribution in [3.05, 3.63) is 29.6 Å². The Bertz CT molecular complexity index is 540. The van der Waals surface area contributed by atoms with Gasteiger partial charge in [0.05, 0.1) is 5.69 Å². The molecule has 2 heterocycles. The van der Waals surface area contributed by atoms with Crippen molar-refractivity contribution in [1.82, 2.24) is 29.9 Å². The predicted octanol–water partition coefficient (Wildman–Crippen LogP) is 1.60. The van der Waals surface area contributed by atoms with E-state index in [2.05, 4.69) is 47.5 Å². The Morgan fingerprint density at radius 2 is 2.15 bits per heavy atom. The number of aryl methyl sites for hydroxylation is 2. The fraction of sp³-hybridized carbons (Fsp3) is 0.643. The molecule has 0 fully saturated rings. The third kappa shape index (κ3) is 3.66. The summed E-state index contributed by atoms with van der Waals surface area (Å²) in [7, 11) is 0. The fourth-order valence-electron chi connectivity index (χ4n) is 2.13. The Morgan fingerprint density at radius 3 is 2.85 bits per heavy atom. The Labute approximate surface area is 120 Å². The number of rotatable bonds is 7. The van der Waals surface area contributed by atoms with Gasteiger partial charge in [-0.3, -0.25) is 4.68 Å². The Hall–Kier alpha value is -1.69. The van der Waals surface area contributed by atoms with Crippen LogP contribution in [0.25, 0.3) is 0 Å². The van der Waals surface area contributed by atoms with E-state index >= 15 is 0 Å². The SMILES string of the molecule is CCn1ncnc1Cn1cc(CNCC(C)C)c(C)n1. The monoisotopic (exact) mass is 276 g/mol. The summed E-state index contributed by atoms with van der Waals surface area (Å²) in [5.41, 5.74) is 2.32. The van der Waals surface area contributed by atoms with Crippen molar-refractivity contribution in [2.75, 3.05) is 6.54 Å². The lowest BCUT2D eigenvalue weighted by Crippen LogP contribution is -2.19. The molecular formula is C14H24N6. The van der Waals surface area contributed by atoms with Gasteiger partial charge in [-0.1, -0.05) is 13.8 Å². The van der Waals surface area contributed by atoms with E-state index in [1.165, 1.54) is 5.56 Å². The van der Waals surface area contributed by atoms with Crippen molar-refractivity contribution < 1.29 is 0 Å². The van der Waals surface area contributed by atoms with E-state index < -0.39 is 0 Å². The molecule has 0 amide bonds. The maximum Gasteiger partial charge on any atom is 0.148 e. The molecule has 20 heavy (non-hydrogen) atoms. The molecule has 0 saturated heterocycles. The molecule has 0 radical (unpaired) electrons. The summed E-state index contributed by atoms with van der Waals surface area (Å²) in [4.78, 5) is 4.28. The van der Waals surface area contributed by atoms with Crippen LogP contribution in [-0.2, 0) is 19.6 Å². The van der Waals surface area contributed by atoms with E-state index in [1.807, 2.05) is 16.3 Å². The molecule has 110 valence electrons. The minimum Gasteiger partial charge on any atom is -0.312 e. The largest absolute Gasteiger partial charge is 0.312 e. The second kappa shape index (κ2) is 6.65. The highest BCUT2D eigenvalue weighted by atomic mass is 15.4. The molecule has 2 aromatic heterocycles. The van der Waals surface area contributed by atoms with E-state index in [-0.39, 0.29) is 0 Å². The van der Waals surface area contributed by atoms with Crippen LogP contribution in [0.3, 0.4) is 0 Å². The Balaban J connectivity index is 2.00. The lowest BCUT2D eigenvalue weighted by Gasteiger charge is -2.06. The third-order valence-corrected chi connectivity index (χ3v) is 3.21. The van der Waals surface area contributed by atoms with E-state index in [0.717, 1.165) is 31.2 Å². The molecule has 0 atom stereocenters. The quantitative estimate of drug-likeness (QED) is 0.834. The molecule has 6 heteroatoms. The second-order valence-corrected chi connectivity index (χ2v) is 5.45. The van der Waals surface area contributed by atoms with E-state index in [9.17, 15) is 0 Å². The molecule has 6 nitrogen and oxygen atoms in total. The summed E-state index contributed by atoms with van der Waals surface area (Å²) in [6.07, 6.45) is 3.69. The maximum absolute atomic E-state index is 4.55. The van der Waals surface area contributed by atoms with E-state index in [1.54, 1.807) is 6.33 Å². The molecule has 1 N–H and O–H groups in total. The molecule has 0 aliphatic carbocycles. The summed E-state index contributed by atoms with van der Waals surface area (Å²) >= 11 is 0. The molecule has 2 aromatic rings. The summed E-state index contributed by atoms with van der Waals surface area (Å²) in [5, 5.41) is 12.2. The van der Waals surface area contributed by atoms with Crippen LogP contribution in [0.4, 0.5) is 0 Å². The lowest BCUT2D eigenvalue weighted by molar-refractivity contribution is 0.550.